The van der Waals surface area contributed by atoms with Gasteiger partial charge in [-0.2, -0.15) is 0 Å². The van der Waals surface area contributed by atoms with Gasteiger partial charge >= 0.3 is 0 Å². The Balaban J connectivity index is 1.27. The number of piperidine rings is 1. The predicted molar refractivity (Wildman–Crippen MR) is 144 cm³/mol. The predicted octanol–water partition coefficient (Wildman–Crippen LogP) is 4.39. The van der Waals surface area contributed by atoms with E-state index in [1.807, 2.05) is 0 Å². The molecule has 3 aliphatic heterocycles. The number of benzene rings is 3. The van der Waals surface area contributed by atoms with Gasteiger partial charge in [-0.25, -0.2) is 43.9 Å². The molecule has 258 valence electrons. The van der Waals surface area contributed by atoms with E-state index in [1.165, 1.54) is 18.2 Å². The lowest BCUT2D eigenvalue weighted by molar-refractivity contribution is -0.136. The SMILES string of the molecule is O=C1CCC(N2C(=O)c3ccc(CN4CCN(C(c5c(F)c(F)c(F)c(F)c5F)c5c(F)c(F)c(F)c(F)c5F)CC4)cc3C2=O)C(=O)N1. The first-order valence-electron chi connectivity index (χ1n) is 14.5. The van der Waals surface area contributed by atoms with Crippen molar-refractivity contribution in [3.05, 3.63) is 104 Å². The first kappa shape index (κ1) is 34.0. The van der Waals surface area contributed by atoms with Crippen molar-refractivity contribution in [2.45, 2.75) is 31.5 Å². The van der Waals surface area contributed by atoms with Crippen LogP contribution in [0.25, 0.3) is 0 Å². The van der Waals surface area contributed by atoms with E-state index in [-0.39, 0.29) is 43.6 Å². The molecule has 1 atom stereocenters. The highest BCUT2D eigenvalue weighted by molar-refractivity contribution is 6.23. The van der Waals surface area contributed by atoms with Crippen LogP contribution in [0.2, 0.25) is 0 Å². The Morgan fingerprint density at radius 3 is 1.59 bits per heavy atom. The minimum Gasteiger partial charge on any atom is -0.297 e. The van der Waals surface area contributed by atoms with Crippen molar-refractivity contribution in [3.63, 3.8) is 0 Å². The molecule has 0 radical (unpaired) electrons. The monoisotopic (exact) mass is 702 g/mol. The van der Waals surface area contributed by atoms with Gasteiger partial charge in [0.1, 0.15) is 6.04 Å². The molecule has 1 N–H and O–H groups in total. The van der Waals surface area contributed by atoms with Crippen molar-refractivity contribution < 1.29 is 63.1 Å². The van der Waals surface area contributed by atoms with E-state index in [4.69, 9.17) is 0 Å². The molecule has 2 fully saturated rings. The molecule has 0 bridgehead atoms. The molecule has 0 aromatic heterocycles. The fraction of sp³-hybridized carbons (Fsp3) is 0.290. The number of hydrogen-bond acceptors (Lipinski definition) is 6. The largest absolute Gasteiger partial charge is 0.297 e. The molecular formula is C31H20F10N4O4. The van der Waals surface area contributed by atoms with E-state index >= 15 is 0 Å². The van der Waals surface area contributed by atoms with Crippen molar-refractivity contribution in [1.82, 2.24) is 20.0 Å². The number of amides is 4. The van der Waals surface area contributed by atoms with Crippen molar-refractivity contribution >= 4 is 23.6 Å². The fourth-order valence-corrected chi connectivity index (χ4v) is 6.29. The second kappa shape index (κ2) is 12.6. The summed E-state index contributed by atoms with van der Waals surface area (Å²) in [5, 5.41) is 2.07. The Kier molecular flexibility index (Phi) is 8.72. The Labute approximate surface area is 268 Å². The van der Waals surface area contributed by atoms with Crippen molar-refractivity contribution in [1.29, 1.82) is 0 Å². The number of rotatable bonds is 6. The number of halogens is 10. The third kappa shape index (κ3) is 5.51. The molecule has 8 nitrogen and oxygen atoms in total. The van der Waals surface area contributed by atoms with Gasteiger partial charge in [0.15, 0.2) is 46.5 Å². The minimum absolute atomic E-state index is 0.00302. The summed E-state index contributed by atoms with van der Waals surface area (Å²) < 4.78 is 145. The van der Waals surface area contributed by atoms with Gasteiger partial charge < -0.3 is 0 Å². The first-order valence-corrected chi connectivity index (χ1v) is 14.5. The molecule has 0 saturated carbocycles. The average molecular weight is 703 g/mol. The molecule has 6 rings (SSSR count). The van der Waals surface area contributed by atoms with Crippen LogP contribution >= 0.6 is 0 Å². The van der Waals surface area contributed by atoms with Crippen LogP contribution in [0.4, 0.5) is 43.9 Å². The third-order valence-electron chi connectivity index (χ3n) is 8.72. The van der Waals surface area contributed by atoms with Gasteiger partial charge in [0.05, 0.1) is 28.3 Å². The van der Waals surface area contributed by atoms with Crippen LogP contribution in [0.5, 0.6) is 0 Å². The Morgan fingerprint density at radius 1 is 0.633 bits per heavy atom. The lowest BCUT2D eigenvalue weighted by atomic mass is 9.93. The molecule has 2 saturated heterocycles. The van der Waals surface area contributed by atoms with Crippen molar-refractivity contribution in [2.75, 3.05) is 26.2 Å². The summed E-state index contributed by atoms with van der Waals surface area (Å²) >= 11 is 0. The van der Waals surface area contributed by atoms with E-state index < -0.39 is 118 Å². The Morgan fingerprint density at radius 2 is 1.10 bits per heavy atom. The zero-order chi connectivity index (χ0) is 35.6. The lowest BCUT2D eigenvalue weighted by Crippen LogP contribution is -2.54. The van der Waals surface area contributed by atoms with Gasteiger partial charge in [-0.15, -0.1) is 0 Å². The molecule has 4 amide bonds. The number of piperazine rings is 1. The fourth-order valence-electron chi connectivity index (χ4n) is 6.29. The molecule has 3 heterocycles. The van der Waals surface area contributed by atoms with E-state index in [2.05, 4.69) is 5.32 Å². The van der Waals surface area contributed by atoms with Crippen LogP contribution in [-0.2, 0) is 16.1 Å². The van der Waals surface area contributed by atoms with E-state index in [9.17, 15) is 63.1 Å². The number of hydrogen-bond donors (Lipinski definition) is 1. The van der Waals surface area contributed by atoms with Crippen LogP contribution in [-0.4, -0.2) is 70.5 Å². The first-order chi connectivity index (χ1) is 23.1. The Hall–Kier alpha value is -4.84. The third-order valence-corrected chi connectivity index (χ3v) is 8.72. The summed E-state index contributed by atoms with van der Waals surface area (Å²) in [5.74, 6) is -28.2. The molecule has 18 heteroatoms. The van der Waals surface area contributed by atoms with Gasteiger partial charge in [-0.1, -0.05) is 6.07 Å². The van der Waals surface area contributed by atoms with E-state index in [0.29, 0.717) is 5.56 Å². The number of fused-ring (bicyclic) bond motifs is 1. The van der Waals surface area contributed by atoms with Crippen LogP contribution in [0.1, 0.15) is 56.3 Å². The molecule has 0 aliphatic carbocycles. The summed E-state index contributed by atoms with van der Waals surface area (Å²) in [7, 11) is 0. The summed E-state index contributed by atoms with van der Waals surface area (Å²) in [6.07, 6.45) is -0.152. The van der Waals surface area contributed by atoms with Gasteiger partial charge in [-0.3, -0.25) is 39.2 Å². The Bertz CT molecular complexity index is 1840. The van der Waals surface area contributed by atoms with Crippen molar-refractivity contribution in [2.24, 2.45) is 0 Å². The topological polar surface area (TPSA) is 90.0 Å². The van der Waals surface area contributed by atoms with Crippen LogP contribution in [0, 0.1) is 58.2 Å². The molecule has 49 heavy (non-hydrogen) atoms. The summed E-state index contributed by atoms with van der Waals surface area (Å²) in [6.45, 7) is -1.16. The number of carbonyl (C=O) groups is 4. The minimum atomic E-state index is -2.65. The molecule has 1 unspecified atom stereocenters. The standard InChI is InChI=1S/C31H20F10N4O4/c32-18-16(19(33)23(37)26(40)22(18)36)28(17-20(34)24(38)27(41)25(39)21(17)35)44-7-5-43(6-8-44)10-11-1-2-12-13(9-11)31(49)45(30(12)48)14-3-4-15(46)42-29(14)47/h1-2,9,14,28H,3-8,10H2,(H,42,46,47). The lowest BCUT2D eigenvalue weighted by Gasteiger charge is -2.40. The normalized spacial score (nSPS) is 18.9. The smallest absolute Gasteiger partial charge is 0.262 e. The van der Waals surface area contributed by atoms with Crippen LogP contribution in [0.3, 0.4) is 0 Å². The zero-order valence-electron chi connectivity index (χ0n) is 24.6. The second-order valence-corrected chi connectivity index (χ2v) is 11.5. The van der Waals surface area contributed by atoms with Gasteiger partial charge in [0.2, 0.25) is 23.4 Å². The maximum absolute atomic E-state index is 15.0. The zero-order valence-corrected chi connectivity index (χ0v) is 24.6. The highest BCUT2D eigenvalue weighted by Gasteiger charge is 2.45. The van der Waals surface area contributed by atoms with E-state index in [0.717, 1.165) is 9.80 Å². The molecule has 0 spiro atoms. The highest BCUT2D eigenvalue weighted by Crippen LogP contribution is 2.40. The summed E-state index contributed by atoms with van der Waals surface area (Å²) in [6, 6.07) is 0.343. The number of imide groups is 2. The summed E-state index contributed by atoms with van der Waals surface area (Å²) in [5.41, 5.74) is -3.25. The molecule has 3 aromatic carbocycles. The maximum Gasteiger partial charge on any atom is 0.262 e. The molecular weight excluding hydrogens is 682 g/mol. The highest BCUT2D eigenvalue weighted by atomic mass is 19.2. The van der Waals surface area contributed by atoms with Gasteiger partial charge in [0.25, 0.3) is 11.8 Å². The maximum atomic E-state index is 15.0. The number of nitrogens with zero attached hydrogens (tertiary/aromatic N) is 3. The van der Waals surface area contributed by atoms with Crippen molar-refractivity contribution in [3.8, 4) is 0 Å². The van der Waals surface area contributed by atoms with Crippen LogP contribution < -0.4 is 5.32 Å². The van der Waals surface area contributed by atoms with E-state index in [1.54, 1.807) is 4.90 Å². The number of nitrogens with one attached hydrogen (secondary N) is 1. The second-order valence-electron chi connectivity index (χ2n) is 11.5. The average Bonchev–Trinajstić information content (AvgIpc) is 3.32. The number of carbonyl (C=O) groups excluding carboxylic acids is 4. The van der Waals surface area contributed by atoms with Crippen LogP contribution in [0.15, 0.2) is 18.2 Å². The van der Waals surface area contributed by atoms with Gasteiger partial charge in [-0.05, 0) is 24.1 Å². The molecule has 3 aliphatic rings. The molecule has 3 aromatic rings. The quantitative estimate of drug-likeness (QED) is 0.178. The summed E-state index contributed by atoms with van der Waals surface area (Å²) in [4.78, 5) is 53.1. The van der Waals surface area contributed by atoms with Gasteiger partial charge in [0, 0.05) is 39.1 Å².